The minimum Gasteiger partial charge on any atom is -0.392 e. The summed E-state index contributed by atoms with van der Waals surface area (Å²) in [5.41, 5.74) is 1.66. The van der Waals surface area contributed by atoms with Crippen molar-refractivity contribution >= 4 is 17.0 Å². The summed E-state index contributed by atoms with van der Waals surface area (Å²) >= 11 is 0. The number of H-pyrrole nitrogens is 1. The Labute approximate surface area is 96.6 Å². The van der Waals surface area contributed by atoms with Gasteiger partial charge < -0.3 is 15.4 Å². The zero-order valence-electron chi connectivity index (χ0n) is 9.24. The summed E-state index contributed by atoms with van der Waals surface area (Å²) in [5, 5.41) is 11.7. The Hall–Kier alpha value is -2.02. The Bertz CT molecular complexity index is 551. The normalized spacial score (nSPS) is 12.1. The number of anilines is 1. The van der Waals surface area contributed by atoms with Crippen molar-refractivity contribution in [1.82, 2.24) is 19.9 Å². The first-order chi connectivity index (χ1) is 8.20. The number of fused-ring (bicyclic) bond motifs is 1. The highest BCUT2D eigenvalue weighted by molar-refractivity contribution is 5.82. The van der Waals surface area contributed by atoms with Crippen LogP contribution in [0.1, 0.15) is 6.92 Å². The summed E-state index contributed by atoms with van der Waals surface area (Å²) in [7, 11) is 0. The van der Waals surface area contributed by atoms with Crippen molar-refractivity contribution in [2.75, 3.05) is 18.5 Å². The molecule has 0 aliphatic carbocycles. The summed E-state index contributed by atoms with van der Waals surface area (Å²) in [6.07, 6.45) is 2.40. The van der Waals surface area contributed by atoms with Crippen molar-refractivity contribution in [2.45, 2.75) is 6.92 Å². The Morgan fingerprint density at radius 2 is 2.41 bits per heavy atom. The second-order valence-corrected chi connectivity index (χ2v) is 3.53. The van der Waals surface area contributed by atoms with Crippen LogP contribution in [0.4, 0.5) is 10.2 Å². The van der Waals surface area contributed by atoms with E-state index in [1.165, 1.54) is 6.33 Å². The van der Waals surface area contributed by atoms with Gasteiger partial charge in [0.05, 0.1) is 12.9 Å². The number of hydrogen-bond acceptors (Lipinski definition) is 5. The molecule has 7 heteroatoms. The number of aliphatic hydroxyl groups excluding tert-OH is 1. The van der Waals surface area contributed by atoms with Crippen molar-refractivity contribution in [2.24, 2.45) is 0 Å². The number of nitrogens with zero attached hydrogens (tertiary/aromatic N) is 3. The largest absolute Gasteiger partial charge is 0.392 e. The molecule has 0 atom stereocenters. The van der Waals surface area contributed by atoms with Crippen molar-refractivity contribution in [3.63, 3.8) is 0 Å². The van der Waals surface area contributed by atoms with E-state index in [0.717, 1.165) is 5.57 Å². The van der Waals surface area contributed by atoms with Gasteiger partial charge in [-0.15, -0.1) is 0 Å². The minimum absolute atomic E-state index is 0.000711. The molecule has 2 aromatic rings. The molecule has 2 rings (SSSR count). The molecule has 0 aliphatic rings. The van der Waals surface area contributed by atoms with Crippen LogP contribution in [0.2, 0.25) is 0 Å². The van der Waals surface area contributed by atoms with Crippen LogP contribution in [-0.2, 0) is 0 Å². The highest BCUT2D eigenvalue weighted by atomic mass is 19.1. The average molecular weight is 237 g/mol. The molecule has 90 valence electrons. The number of aromatic amines is 1. The van der Waals surface area contributed by atoms with Gasteiger partial charge in [0.1, 0.15) is 5.52 Å². The molecule has 3 N–H and O–H groups in total. The fourth-order valence-electron chi connectivity index (χ4n) is 1.32. The molecule has 0 aliphatic heterocycles. The van der Waals surface area contributed by atoms with Crippen LogP contribution < -0.4 is 5.32 Å². The van der Waals surface area contributed by atoms with Crippen LogP contribution in [-0.4, -0.2) is 38.2 Å². The van der Waals surface area contributed by atoms with Gasteiger partial charge in [-0.3, -0.25) is 0 Å². The molecule has 0 unspecified atom stereocenters. The van der Waals surface area contributed by atoms with E-state index in [9.17, 15) is 4.39 Å². The molecule has 0 spiro atoms. The number of nitrogens with one attached hydrogen (secondary N) is 2. The number of hydrogen-bond donors (Lipinski definition) is 3. The predicted molar refractivity (Wildman–Crippen MR) is 61.0 cm³/mol. The summed E-state index contributed by atoms with van der Waals surface area (Å²) in [6, 6.07) is 0. The Morgan fingerprint density at radius 3 is 3.18 bits per heavy atom. The second-order valence-electron chi connectivity index (χ2n) is 3.53. The fraction of sp³-hybridized carbons (Fsp3) is 0.300. The van der Waals surface area contributed by atoms with Crippen molar-refractivity contribution in [3.05, 3.63) is 24.1 Å². The van der Waals surface area contributed by atoms with Gasteiger partial charge in [0.25, 0.3) is 0 Å². The molecular weight excluding hydrogens is 225 g/mol. The van der Waals surface area contributed by atoms with Crippen molar-refractivity contribution < 1.29 is 9.50 Å². The molecule has 0 fully saturated rings. The number of halogens is 1. The second kappa shape index (κ2) is 4.88. The molecule has 0 radical (unpaired) electrons. The standard InChI is InChI=1S/C10H12FN5O/c1-6(4-17)2-3-12-8-7-9(14-5-13-7)16-10(11)15-8/h2,5,17H,3-4H2,1H3,(H2,12,13,14,15,16). The molecule has 6 nitrogen and oxygen atoms in total. The number of aliphatic hydroxyl groups is 1. The Balaban J connectivity index is 2.20. The topological polar surface area (TPSA) is 86.7 Å². The first kappa shape index (κ1) is 11.5. The number of imidazole rings is 1. The molecule has 0 aromatic carbocycles. The fourth-order valence-corrected chi connectivity index (χ4v) is 1.32. The highest BCUT2D eigenvalue weighted by Crippen LogP contribution is 2.15. The average Bonchev–Trinajstić information content (AvgIpc) is 2.76. The third-order valence-electron chi connectivity index (χ3n) is 2.23. The maximum absolute atomic E-state index is 13.1. The van der Waals surface area contributed by atoms with E-state index >= 15 is 0 Å². The molecule has 0 saturated heterocycles. The zero-order valence-corrected chi connectivity index (χ0v) is 9.24. The smallest absolute Gasteiger partial charge is 0.312 e. The first-order valence-electron chi connectivity index (χ1n) is 5.07. The predicted octanol–water partition coefficient (Wildman–Crippen LogP) is 0.842. The van der Waals surface area contributed by atoms with Crippen LogP contribution in [0.5, 0.6) is 0 Å². The van der Waals surface area contributed by atoms with Crippen LogP contribution >= 0.6 is 0 Å². The van der Waals surface area contributed by atoms with Crippen molar-refractivity contribution in [3.8, 4) is 0 Å². The third-order valence-corrected chi connectivity index (χ3v) is 2.23. The lowest BCUT2D eigenvalue weighted by Crippen LogP contribution is -2.05. The lowest BCUT2D eigenvalue weighted by atomic mass is 10.3. The van der Waals surface area contributed by atoms with Gasteiger partial charge in [0.2, 0.25) is 0 Å². The van der Waals surface area contributed by atoms with Crippen molar-refractivity contribution in [1.29, 1.82) is 0 Å². The summed E-state index contributed by atoms with van der Waals surface area (Å²) in [5.74, 6) is 0.354. The van der Waals surface area contributed by atoms with Gasteiger partial charge in [-0.25, -0.2) is 4.98 Å². The maximum atomic E-state index is 13.1. The van der Waals surface area contributed by atoms with Gasteiger partial charge in [0.15, 0.2) is 11.5 Å². The van der Waals surface area contributed by atoms with E-state index in [0.29, 0.717) is 17.9 Å². The molecule has 2 heterocycles. The number of aromatic nitrogens is 4. The molecule has 17 heavy (non-hydrogen) atoms. The maximum Gasteiger partial charge on any atom is 0.312 e. The number of rotatable bonds is 4. The highest BCUT2D eigenvalue weighted by Gasteiger charge is 2.08. The Morgan fingerprint density at radius 1 is 1.59 bits per heavy atom. The summed E-state index contributed by atoms with van der Waals surface area (Å²) in [4.78, 5) is 13.9. The molecule has 0 bridgehead atoms. The van der Waals surface area contributed by atoms with E-state index in [1.54, 1.807) is 13.0 Å². The zero-order chi connectivity index (χ0) is 12.3. The van der Waals surface area contributed by atoms with E-state index < -0.39 is 6.08 Å². The first-order valence-corrected chi connectivity index (χ1v) is 5.07. The van der Waals surface area contributed by atoms with Gasteiger partial charge >= 0.3 is 6.08 Å². The minimum atomic E-state index is -0.824. The molecular formula is C10H12FN5O. The van der Waals surface area contributed by atoms with Crippen LogP contribution in [0, 0.1) is 6.08 Å². The summed E-state index contributed by atoms with van der Waals surface area (Å²) < 4.78 is 13.1. The molecule has 2 aromatic heterocycles. The Kier molecular flexibility index (Phi) is 3.29. The van der Waals surface area contributed by atoms with E-state index in [-0.39, 0.29) is 12.3 Å². The van der Waals surface area contributed by atoms with Crippen LogP contribution in [0.3, 0.4) is 0 Å². The van der Waals surface area contributed by atoms with E-state index in [4.69, 9.17) is 5.11 Å². The monoisotopic (exact) mass is 237 g/mol. The van der Waals surface area contributed by atoms with Gasteiger partial charge in [-0.1, -0.05) is 11.6 Å². The lowest BCUT2D eigenvalue weighted by Gasteiger charge is -2.03. The van der Waals surface area contributed by atoms with Gasteiger partial charge in [0, 0.05) is 6.54 Å². The van der Waals surface area contributed by atoms with Crippen LogP contribution in [0.25, 0.3) is 11.2 Å². The third kappa shape index (κ3) is 2.56. The summed E-state index contributed by atoms with van der Waals surface area (Å²) in [6.45, 7) is 2.24. The SMILES string of the molecule is CC(=CCNc1nc(F)nc2nc[nH]c12)CO. The quantitative estimate of drug-likeness (QED) is 0.542. The molecule has 0 saturated carbocycles. The van der Waals surface area contributed by atoms with Crippen LogP contribution in [0.15, 0.2) is 18.0 Å². The van der Waals surface area contributed by atoms with Gasteiger partial charge in [-0.2, -0.15) is 14.4 Å². The van der Waals surface area contributed by atoms with E-state index in [2.05, 4.69) is 25.3 Å². The molecule has 0 amide bonds. The van der Waals surface area contributed by atoms with Gasteiger partial charge in [-0.05, 0) is 6.92 Å². The van der Waals surface area contributed by atoms with E-state index in [1.807, 2.05) is 0 Å². The lowest BCUT2D eigenvalue weighted by molar-refractivity contribution is 0.331.